The van der Waals surface area contributed by atoms with Crippen molar-refractivity contribution in [2.45, 2.75) is 13.8 Å². The third kappa shape index (κ3) is 5.00. The summed E-state index contributed by atoms with van der Waals surface area (Å²) in [4.78, 5) is 27.6. The number of aromatic nitrogens is 1. The number of nitrogens with one attached hydrogen (secondary N) is 1. The van der Waals surface area contributed by atoms with Gasteiger partial charge in [-0.25, -0.2) is 9.78 Å². The van der Waals surface area contributed by atoms with Gasteiger partial charge in [-0.2, -0.15) is 0 Å². The maximum atomic E-state index is 12.5. The molecule has 0 aliphatic rings. The maximum Gasteiger partial charge on any atom is 0.335 e. The second kappa shape index (κ2) is 8.58. The third-order valence-corrected chi connectivity index (χ3v) is 4.03. The first kappa shape index (κ1) is 20.3. The van der Waals surface area contributed by atoms with E-state index in [1.165, 1.54) is 18.2 Å². The lowest BCUT2D eigenvalue weighted by molar-refractivity contribution is 0.0696. The van der Waals surface area contributed by atoms with Gasteiger partial charge in [-0.05, 0) is 24.1 Å². The lowest BCUT2D eigenvalue weighted by Crippen LogP contribution is -2.16. The number of halogens is 3. The van der Waals surface area contributed by atoms with Gasteiger partial charge in [-0.3, -0.25) is 4.79 Å². The number of ether oxygens (including phenoxy) is 1. The van der Waals surface area contributed by atoms with Crippen molar-refractivity contribution >= 4 is 52.4 Å². The highest BCUT2D eigenvalue weighted by molar-refractivity contribution is 6.41. The molecule has 0 aliphatic carbocycles. The van der Waals surface area contributed by atoms with Crippen LogP contribution in [-0.2, 0) is 0 Å². The van der Waals surface area contributed by atoms with Crippen LogP contribution >= 0.6 is 34.8 Å². The molecule has 0 aliphatic heterocycles. The van der Waals surface area contributed by atoms with Crippen LogP contribution < -0.4 is 10.1 Å². The number of pyridine rings is 1. The molecule has 9 heteroatoms. The Morgan fingerprint density at radius 2 is 1.77 bits per heavy atom. The quantitative estimate of drug-likeness (QED) is 0.688. The predicted octanol–water partition coefficient (Wildman–Crippen LogP) is 5.03. The Morgan fingerprint density at radius 1 is 1.15 bits per heavy atom. The Labute approximate surface area is 165 Å². The number of carboxylic acid groups (broad SMARTS) is 1. The summed E-state index contributed by atoms with van der Waals surface area (Å²) >= 11 is 18.1. The molecule has 0 spiro atoms. The predicted molar refractivity (Wildman–Crippen MR) is 101 cm³/mol. The van der Waals surface area contributed by atoms with Crippen molar-refractivity contribution in [2.24, 2.45) is 5.92 Å². The van der Waals surface area contributed by atoms with E-state index in [0.29, 0.717) is 6.61 Å². The molecule has 1 aromatic heterocycles. The Bertz CT molecular complexity index is 833. The molecule has 6 nitrogen and oxygen atoms in total. The zero-order valence-corrected chi connectivity index (χ0v) is 16.1. The van der Waals surface area contributed by atoms with Crippen molar-refractivity contribution < 1.29 is 19.4 Å². The van der Waals surface area contributed by atoms with E-state index >= 15 is 0 Å². The monoisotopic (exact) mass is 416 g/mol. The number of nitrogens with zero attached hydrogens (tertiary/aromatic N) is 1. The van der Waals surface area contributed by atoms with Gasteiger partial charge in [0.2, 0.25) is 5.88 Å². The standard InChI is InChI=1S/C17H15Cl3N2O4/c1-8(2)7-26-13-4-3-10(18)15(21-13)16(23)22-14-11(19)5-9(17(24)25)6-12(14)20/h3-6,8H,7H2,1-2H3,(H,22,23)(H,24,25). The largest absolute Gasteiger partial charge is 0.478 e. The molecular weight excluding hydrogens is 403 g/mol. The summed E-state index contributed by atoms with van der Waals surface area (Å²) in [6.45, 7) is 4.40. The molecule has 2 rings (SSSR count). The maximum absolute atomic E-state index is 12.5. The highest BCUT2D eigenvalue weighted by Gasteiger charge is 2.19. The van der Waals surface area contributed by atoms with Gasteiger partial charge in [0.15, 0.2) is 5.69 Å². The van der Waals surface area contributed by atoms with Gasteiger partial charge in [-0.1, -0.05) is 48.7 Å². The highest BCUT2D eigenvalue weighted by atomic mass is 35.5. The summed E-state index contributed by atoms with van der Waals surface area (Å²) in [6.07, 6.45) is 0. The summed E-state index contributed by atoms with van der Waals surface area (Å²) in [7, 11) is 0. The van der Waals surface area contributed by atoms with Crippen LogP contribution in [0.4, 0.5) is 5.69 Å². The molecule has 0 radical (unpaired) electrons. The molecule has 0 saturated carbocycles. The third-order valence-electron chi connectivity index (χ3n) is 3.13. The van der Waals surface area contributed by atoms with Crippen molar-refractivity contribution in [3.8, 4) is 5.88 Å². The summed E-state index contributed by atoms with van der Waals surface area (Å²) in [6, 6.07) is 5.42. The van der Waals surface area contributed by atoms with Crippen molar-refractivity contribution in [3.63, 3.8) is 0 Å². The molecule has 138 valence electrons. The molecule has 0 fully saturated rings. The van der Waals surface area contributed by atoms with E-state index in [1.807, 2.05) is 13.8 Å². The zero-order valence-electron chi connectivity index (χ0n) is 13.8. The summed E-state index contributed by atoms with van der Waals surface area (Å²) in [5.41, 5.74) is -0.102. The van der Waals surface area contributed by atoms with Crippen molar-refractivity contribution in [1.82, 2.24) is 4.98 Å². The minimum Gasteiger partial charge on any atom is -0.478 e. The second-order valence-electron chi connectivity index (χ2n) is 5.76. The van der Waals surface area contributed by atoms with Gasteiger partial charge in [0, 0.05) is 6.07 Å². The summed E-state index contributed by atoms with van der Waals surface area (Å²) in [5.74, 6) is -1.30. The molecule has 2 N–H and O–H groups in total. The summed E-state index contributed by atoms with van der Waals surface area (Å²) in [5, 5.41) is 11.6. The number of hydrogen-bond donors (Lipinski definition) is 2. The lowest BCUT2D eigenvalue weighted by atomic mass is 10.2. The van der Waals surface area contributed by atoms with Crippen molar-refractivity contribution in [1.29, 1.82) is 0 Å². The van der Waals surface area contributed by atoms with Crippen LogP contribution in [-0.4, -0.2) is 28.6 Å². The second-order valence-corrected chi connectivity index (χ2v) is 6.98. The van der Waals surface area contributed by atoms with E-state index in [0.717, 1.165) is 0 Å². The SMILES string of the molecule is CC(C)COc1ccc(Cl)c(C(=O)Nc2c(Cl)cc(C(=O)O)cc2Cl)n1. The van der Waals surface area contributed by atoms with E-state index in [9.17, 15) is 9.59 Å². The molecule has 1 aromatic carbocycles. The first-order valence-corrected chi connectivity index (χ1v) is 8.65. The molecule has 0 atom stereocenters. The number of rotatable bonds is 6. The van der Waals surface area contributed by atoms with Crippen LogP contribution in [0.15, 0.2) is 24.3 Å². The molecule has 26 heavy (non-hydrogen) atoms. The summed E-state index contributed by atoms with van der Waals surface area (Å²) < 4.78 is 5.49. The smallest absolute Gasteiger partial charge is 0.335 e. The van der Waals surface area contributed by atoms with Gasteiger partial charge in [0.25, 0.3) is 5.91 Å². The van der Waals surface area contributed by atoms with E-state index in [4.69, 9.17) is 44.6 Å². The molecular formula is C17H15Cl3N2O4. The lowest BCUT2D eigenvalue weighted by Gasteiger charge is -2.12. The van der Waals surface area contributed by atoms with Gasteiger partial charge < -0.3 is 15.2 Å². The fourth-order valence-electron chi connectivity index (χ4n) is 1.90. The molecule has 2 aromatic rings. The average molecular weight is 418 g/mol. The van der Waals surface area contributed by atoms with Crippen LogP contribution in [0.1, 0.15) is 34.7 Å². The Balaban J connectivity index is 2.27. The number of carbonyl (C=O) groups is 2. The fraction of sp³-hybridized carbons (Fsp3) is 0.235. The Morgan fingerprint density at radius 3 is 2.31 bits per heavy atom. The van der Waals surface area contributed by atoms with Crippen LogP contribution in [0, 0.1) is 5.92 Å². The minimum absolute atomic E-state index is 0.0217. The average Bonchev–Trinajstić information content (AvgIpc) is 2.56. The molecule has 1 heterocycles. The van der Waals surface area contributed by atoms with E-state index in [1.54, 1.807) is 6.07 Å². The fourth-order valence-corrected chi connectivity index (χ4v) is 2.68. The zero-order chi connectivity index (χ0) is 19.4. The number of hydrogen-bond acceptors (Lipinski definition) is 4. The van der Waals surface area contributed by atoms with Crippen molar-refractivity contribution in [2.75, 3.05) is 11.9 Å². The number of carboxylic acids is 1. The molecule has 0 saturated heterocycles. The van der Waals surface area contributed by atoms with E-state index in [2.05, 4.69) is 10.3 Å². The van der Waals surface area contributed by atoms with Crippen LogP contribution in [0.2, 0.25) is 15.1 Å². The van der Waals surface area contributed by atoms with Gasteiger partial charge in [0.05, 0.1) is 32.9 Å². The minimum atomic E-state index is -1.19. The van der Waals surface area contributed by atoms with E-state index in [-0.39, 0.29) is 43.8 Å². The topological polar surface area (TPSA) is 88.5 Å². The van der Waals surface area contributed by atoms with Gasteiger partial charge in [-0.15, -0.1) is 0 Å². The van der Waals surface area contributed by atoms with Crippen molar-refractivity contribution in [3.05, 3.63) is 50.6 Å². The number of anilines is 1. The van der Waals surface area contributed by atoms with Gasteiger partial charge >= 0.3 is 5.97 Å². The normalized spacial score (nSPS) is 10.7. The van der Waals surface area contributed by atoms with E-state index < -0.39 is 11.9 Å². The molecule has 1 amide bonds. The molecule has 0 unspecified atom stereocenters. The first-order valence-electron chi connectivity index (χ1n) is 7.52. The van der Waals surface area contributed by atoms with Crippen LogP contribution in [0.3, 0.4) is 0 Å². The number of aromatic carboxylic acids is 1. The van der Waals surface area contributed by atoms with Gasteiger partial charge in [0.1, 0.15) is 0 Å². The number of carbonyl (C=O) groups excluding carboxylic acids is 1. The Hall–Kier alpha value is -2.02. The number of benzene rings is 1. The van der Waals surface area contributed by atoms with Crippen LogP contribution in [0.25, 0.3) is 0 Å². The Kier molecular flexibility index (Phi) is 6.69. The first-order chi connectivity index (χ1) is 12.2. The van der Waals surface area contributed by atoms with Crippen LogP contribution in [0.5, 0.6) is 5.88 Å². The molecule has 0 bridgehead atoms. The highest BCUT2D eigenvalue weighted by Crippen LogP contribution is 2.32. The number of amides is 1.